The number of nitrogens with zero attached hydrogens (tertiary/aromatic N) is 1. The highest BCUT2D eigenvalue weighted by Crippen LogP contribution is 2.43. The second kappa shape index (κ2) is 7.23. The summed E-state index contributed by atoms with van der Waals surface area (Å²) < 4.78 is 4.78. The van der Waals surface area contributed by atoms with Gasteiger partial charge >= 0.3 is 12.1 Å². The van der Waals surface area contributed by atoms with Crippen LogP contribution in [0.1, 0.15) is 29.2 Å². The molecule has 2 heterocycles. The molecule has 1 aromatic carbocycles. The maximum atomic E-state index is 11.7. The first-order valence-electron chi connectivity index (χ1n) is 7.61. The number of amides is 1. The lowest BCUT2D eigenvalue weighted by Gasteiger charge is -2.27. The van der Waals surface area contributed by atoms with Gasteiger partial charge in [-0.3, -0.25) is 9.69 Å². The van der Waals surface area contributed by atoms with Crippen molar-refractivity contribution < 1.29 is 19.4 Å². The van der Waals surface area contributed by atoms with Gasteiger partial charge in [0.2, 0.25) is 0 Å². The summed E-state index contributed by atoms with van der Waals surface area (Å²) in [4.78, 5) is 24.9. The Labute approximate surface area is 146 Å². The van der Waals surface area contributed by atoms with Crippen molar-refractivity contribution in [3.63, 3.8) is 0 Å². The highest BCUT2D eigenvalue weighted by atomic mass is 35.5. The number of nitrogens with one attached hydrogen (secondary N) is 1. The van der Waals surface area contributed by atoms with Gasteiger partial charge in [-0.25, -0.2) is 4.79 Å². The molecule has 7 heteroatoms. The summed E-state index contributed by atoms with van der Waals surface area (Å²) in [6.07, 6.45) is 1.38. The number of esters is 1. The molecule has 24 heavy (non-hydrogen) atoms. The Kier molecular flexibility index (Phi) is 5.51. The second-order valence-corrected chi connectivity index (χ2v) is 5.95. The fourth-order valence-electron chi connectivity index (χ4n) is 3.73. The van der Waals surface area contributed by atoms with E-state index in [0.717, 1.165) is 16.7 Å². The number of halogens is 1. The van der Waals surface area contributed by atoms with E-state index < -0.39 is 6.09 Å². The Bertz CT molecular complexity index is 664. The van der Waals surface area contributed by atoms with Crippen LogP contribution in [0, 0.1) is 5.92 Å². The van der Waals surface area contributed by atoms with Crippen LogP contribution in [0.25, 0.3) is 6.08 Å². The van der Waals surface area contributed by atoms with Gasteiger partial charge in [0.25, 0.3) is 0 Å². The van der Waals surface area contributed by atoms with E-state index in [4.69, 9.17) is 4.74 Å². The number of carbonyl (C=O) groups excluding carboxylic acids is 1. The van der Waals surface area contributed by atoms with Gasteiger partial charge in [0.15, 0.2) is 0 Å². The molecule has 3 unspecified atom stereocenters. The fourth-order valence-corrected chi connectivity index (χ4v) is 3.73. The molecule has 2 aliphatic heterocycles. The molecule has 1 fully saturated rings. The molecule has 0 bridgehead atoms. The first-order valence-corrected chi connectivity index (χ1v) is 7.61. The topological polar surface area (TPSA) is 78.9 Å². The Morgan fingerprint density at radius 2 is 2.21 bits per heavy atom. The van der Waals surface area contributed by atoms with Crippen LogP contribution in [0.15, 0.2) is 24.8 Å². The Morgan fingerprint density at radius 3 is 2.83 bits per heavy atom. The molecule has 2 aliphatic rings. The van der Waals surface area contributed by atoms with Gasteiger partial charge in [-0.1, -0.05) is 30.9 Å². The van der Waals surface area contributed by atoms with Crippen molar-refractivity contribution >= 4 is 30.5 Å². The molecule has 0 aromatic heterocycles. The van der Waals surface area contributed by atoms with E-state index in [-0.39, 0.29) is 36.4 Å². The molecule has 2 N–H and O–H groups in total. The van der Waals surface area contributed by atoms with Crippen molar-refractivity contribution in [2.75, 3.05) is 13.7 Å². The summed E-state index contributed by atoms with van der Waals surface area (Å²) in [5, 5.41) is 12.7. The summed E-state index contributed by atoms with van der Waals surface area (Å²) in [5.41, 5.74) is 2.99. The van der Waals surface area contributed by atoms with E-state index in [0.29, 0.717) is 19.5 Å². The van der Waals surface area contributed by atoms with Crippen LogP contribution in [0.5, 0.6) is 0 Å². The minimum atomic E-state index is -0.942. The van der Waals surface area contributed by atoms with Crippen molar-refractivity contribution in [3.8, 4) is 0 Å². The number of carbonyl (C=O) groups is 2. The minimum Gasteiger partial charge on any atom is -0.468 e. The maximum absolute atomic E-state index is 11.7. The molecule has 0 aliphatic carbocycles. The largest absolute Gasteiger partial charge is 0.468 e. The first kappa shape index (κ1) is 18.3. The van der Waals surface area contributed by atoms with Crippen LogP contribution in [0.4, 0.5) is 4.79 Å². The summed E-state index contributed by atoms with van der Waals surface area (Å²) in [7, 11) is 1.36. The lowest BCUT2D eigenvalue weighted by Crippen LogP contribution is -2.33. The van der Waals surface area contributed by atoms with E-state index in [2.05, 4.69) is 11.9 Å². The highest BCUT2D eigenvalue weighted by molar-refractivity contribution is 5.85. The summed E-state index contributed by atoms with van der Waals surface area (Å²) in [6, 6.07) is 5.23. The summed E-state index contributed by atoms with van der Waals surface area (Å²) in [5.74, 6) is -0.260. The number of hydrogen-bond donors (Lipinski definition) is 2. The van der Waals surface area contributed by atoms with E-state index in [1.165, 1.54) is 12.0 Å². The predicted molar refractivity (Wildman–Crippen MR) is 92.0 cm³/mol. The number of methoxy groups -OCH3 is 1. The van der Waals surface area contributed by atoms with Crippen molar-refractivity contribution in [1.82, 2.24) is 10.2 Å². The SMILES string of the molecule is C=Cc1cccc2c1CN(C(=O)O)C2C1CNC(C(=O)OC)C1.Cl. The first-order chi connectivity index (χ1) is 11.1. The summed E-state index contributed by atoms with van der Waals surface area (Å²) >= 11 is 0. The van der Waals surface area contributed by atoms with E-state index >= 15 is 0 Å². The van der Waals surface area contributed by atoms with Gasteiger partial charge in [0.05, 0.1) is 19.7 Å². The Balaban J connectivity index is 0.00000208. The van der Waals surface area contributed by atoms with Crippen LogP contribution in [0.2, 0.25) is 0 Å². The summed E-state index contributed by atoms with van der Waals surface area (Å²) in [6.45, 7) is 4.76. The van der Waals surface area contributed by atoms with Crippen LogP contribution < -0.4 is 5.32 Å². The van der Waals surface area contributed by atoms with Crippen LogP contribution in [-0.2, 0) is 16.1 Å². The lowest BCUT2D eigenvalue weighted by atomic mass is 9.89. The predicted octanol–water partition coefficient (Wildman–Crippen LogP) is 2.44. The minimum absolute atomic E-state index is 0. The molecule has 1 saturated heterocycles. The lowest BCUT2D eigenvalue weighted by molar-refractivity contribution is -0.142. The number of rotatable bonds is 3. The number of fused-ring (bicyclic) bond motifs is 1. The molecule has 3 rings (SSSR count). The fraction of sp³-hybridized carbons (Fsp3) is 0.412. The highest BCUT2D eigenvalue weighted by Gasteiger charge is 2.43. The molecule has 6 nitrogen and oxygen atoms in total. The van der Waals surface area contributed by atoms with Crippen molar-refractivity contribution in [2.24, 2.45) is 5.92 Å². The van der Waals surface area contributed by atoms with Gasteiger partial charge < -0.3 is 15.2 Å². The van der Waals surface area contributed by atoms with E-state index in [1.807, 2.05) is 18.2 Å². The molecular weight excluding hydrogens is 332 g/mol. The van der Waals surface area contributed by atoms with E-state index in [1.54, 1.807) is 6.08 Å². The zero-order chi connectivity index (χ0) is 16.6. The van der Waals surface area contributed by atoms with Crippen LogP contribution in [-0.4, -0.2) is 41.8 Å². The molecule has 3 atom stereocenters. The molecule has 0 spiro atoms. The number of hydrogen-bond acceptors (Lipinski definition) is 4. The third-order valence-electron chi connectivity index (χ3n) is 4.79. The zero-order valence-electron chi connectivity index (χ0n) is 13.4. The van der Waals surface area contributed by atoms with Crippen molar-refractivity contribution in [1.29, 1.82) is 0 Å². The van der Waals surface area contributed by atoms with Gasteiger partial charge in [-0.15, -0.1) is 12.4 Å². The van der Waals surface area contributed by atoms with E-state index in [9.17, 15) is 14.7 Å². The standard InChI is InChI=1S/C17H20N2O4.ClH/c1-3-10-5-4-6-12-13(10)9-19(17(21)22)15(12)11-7-14(18-8-11)16(20)23-2;/h3-6,11,14-15,18H,1,7-9H2,2H3,(H,21,22);1H. The third kappa shape index (κ3) is 2.99. The zero-order valence-corrected chi connectivity index (χ0v) is 14.2. The van der Waals surface area contributed by atoms with Gasteiger partial charge in [0, 0.05) is 6.54 Å². The average molecular weight is 353 g/mol. The second-order valence-electron chi connectivity index (χ2n) is 5.95. The molecular formula is C17H21ClN2O4. The Hall–Kier alpha value is -2.05. The van der Waals surface area contributed by atoms with Crippen LogP contribution >= 0.6 is 12.4 Å². The van der Waals surface area contributed by atoms with Gasteiger partial charge in [0.1, 0.15) is 6.04 Å². The number of carboxylic acid groups (broad SMARTS) is 1. The molecule has 1 aromatic rings. The normalized spacial score (nSPS) is 24.9. The number of ether oxygens (including phenoxy) is 1. The molecule has 0 radical (unpaired) electrons. The van der Waals surface area contributed by atoms with Gasteiger partial charge in [-0.2, -0.15) is 0 Å². The van der Waals surface area contributed by atoms with Gasteiger partial charge in [-0.05, 0) is 29.0 Å². The molecule has 0 saturated carbocycles. The number of benzene rings is 1. The third-order valence-corrected chi connectivity index (χ3v) is 4.79. The molecule has 1 amide bonds. The van der Waals surface area contributed by atoms with Crippen LogP contribution in [0.3, 0.4) is 0 Å². The monoisotopic (exact) mass is 352 g/mol. The maximum Gasteiger partial charge on any atom is 0.408 e. The molecule has 130 valence electrons. The average Bonchev–Trinajstić information content (AvgIpc) is 3.17. The smallest absolute Gasteiger partial charge is 0.408 e. The van der Waals surface area contributed by atoms with Crippen molar-refractivity contribution in [3.05, 3.63) is 41.5 Å². The quantitative estimate of drug-likeness (QED) is 0.817. The Morgan fingerprint density at radius 1 is 1.46 bits per heavy atom. The van der Waals surface area contributed by atoms with Crippen molar-refractivity contribution in [2.45, 2.75) is 25.0 Å².